The van der Waals surface area contributed by atoms with Crippen molar-refractivity contribution in [3.63, 3.8) is 0 Å². The summed E-state index contributed by atoms with van der Waals surface area (Å²) in [5, 5.41) is 10.1. The number of alkyl halides is 3. The lowest BCUT2D eigenvalue weighted by atomic mass is 9.80. The Hall–Kier alpha value is -5.79. The Morgan fingerprint density at radius 1 is 1.00 bits per heavy atom. The van der Waals surface area contributed by atoms with Gasteiger partial charge >= 0.3 is 12.1 Å². The number of likely N-dealkylation sites (N-methyl/N-ethyl adjacent to an activating group) is 1. The summed E-state index contributed by atoms with van der Waals surface area (Å²) in [4.78, 5) is 53.9. The quantitative estimate of drug-likeness (QED) is 0.138. The first-order valence-corrected chi connectivity index (χ1v) is 15.1. The van der Waals surface area contributed by atoms with Gasteiger partial charge in [0.2, 0.25) is 5.91 Å². The number of esters is 1. The third-order valence-corrected chi connectivity index (χ3v) is 7.99. The van der Waals surface area contributed by atoms with E-state index in [1.165, 1.54) is 39.9 Å². The van der Waals surface area contributed by atoms with Crippen LogP contribution in [0.1, 0.15) is 52.0 Å². The van der Waals surface area contributed by atoms with Gasteiger partial charge < -0.3 is 15.4 Å². The largest absolute Gasteiger partial charge is 0.466 e. The van der Waals surface area contributed by atoms with Gasteiger partial charge in [0, 0.05) is 29.2 Å². The summed E-state index contributed by atoms with van der Waals surface area (Å²) in [6, 6.07) is 16.5. The zero-order chi connectivity index (χ0) is 35.5. The molecule has 0 unspecified atom stereocenters. The van der Waals surface area contributed by atoms with Gasteiger partial charge in [-0.15, -0.1) is 0 Å². The minimum atomic E-state index is -4.71. The van der Waals surface area contributed by atoms with Gasteiger partial charge in [-0.05, 0) is 55.0 Å². The fourth-order valence-electron chi connectivity index (χ4n) is 5.70. The molecule has 3 amide bonds. The van der Waals surface area contributed by atoms with Crippen LogP contribution in [0.25, 0.3) is 5.69 Å². The van der Waals surface area contributed by atoms with Crippen LogP contribution in [0.5, 0.6) is 0 Å². The summed E-state index contributed by atoms with van der Waals surface area (Å²) in [6.07, 6.45) is -5.08. The van der Waals surface area contributed by atoms with Crippen molar-refractivity contribution in [1.29, 1.82) is 0 Å². The second kappa shape index (κ2) is 14.1. The molecule has 0 spiro atoms. The fourth-order valence-corrected chi connectivity index (χ4v) is 5.70. The normalized spacial score (nSPS) is 15.7. The summed E-state index contributed by atoms with van der Waals surface area (Å²) in [5.41, 5.74) is 0.174. The summed E-state index contributed by atoms with van der Waals surface area (Å²) in [5.74, 6) is -4.14. The fraction of sp³-hybridized carbons (Fsp3) is 0.229. The molecular formula is C35H31F4N5O5. The number of carbonyl (C=O) groups excluding carboxylic acids is 4. The summed E-state index contributed by atoms with van der Waals surface area (Å²) >= 11 is 0. The molecule has 1 aliphatic heterocycles. The van der Waals surface area contributed by atoms with E-state index in [0.717, 1.165) is 19.2 Å². The zero-order valence-electron chi connectivity index (χ0n) is 26.4. The first-order valence-electron chi connectivity index (χ1n) is 15.1. The van der Waals surface area contributed by atoms with E-state index in [9.17, 15) is 36.7 Å². The summed E-state index contributed by atoms with van der Waals surface area (Å²) in [7, 11) is 1.16. The molecule has 0 saturated heterocycles. The van der Waals surface area contributed by atoms with Gasteiger partial charge in [0.05, 0.1) is 37.0 Å². The average molecular weight is 678 g/mol. The summed E-state index contributed by atoms with van der Waals surface area (Å²) < 4.78 is 60.8. The number of benzene rings is 3. The number of nitrogens with zero attached hydrogens (tertiary/aromatic N) is 3. The smallest absolute Gasteiger partial charge is 0.416 e. The molecule has 3 aromatic carbocycles. The van der Waals surface area contributed by atoms with Crippen LogP contribution in [-0.4, -0.2) is 53.2 Å². The van der Waals surface area contributed by atoms with Crippen LogP contribution in [0.2, 0.25) is 0 Å². The molecule has 254 valence electrons. The monoisotopic (exact) mass is 677 g/mol. The molecule has 49 heavy (non-hydrogen) atoms. The van der Waals surface area contributed by atoms with Crippen LogP contribution in [0.3, 0.4) is 0 Å². The molecule has 2 N–H and O–H groups in total. The molecule has 0 fully saturated rings. The second-order valence-corrected chi connectivity index (χ2v) is 11.1. The highest BCUT2D eigenvalue weighted by atomic mass is 19.4. The van der Waals surface area contributed by atoms with Crippen molar-refractivity contribution < 1.29 is 41.5 Å². The van der Waals surface area contributed by atoms with E-state index in [-0.39, 0.29) is 36.3 Å². The molecule has 14 heteroatoms. The van der Waals surface area contributed by atoms with E-state index in [1.54, 1.807) is 37.3 Å². The highest BCUT2D eigenvalue weighted by Gasteiger charge is 2.46. The molecule has 0 saturated carbocycles. The Morgan fingerprint density at radius 3 is 2.33 bits per heavy atom. The number of aromatic nitrogens is 2. The Balaban J connectivity index is 1.65. The minimum Gasteiger partial charge on any atom is -0.466 e. The summed E-state index contributed by atoms with van der Waals surface area (Å²) in [6.45, 7) is 5.17. The molecule has 4 aromatic rings. The number of hydrogen-bond acceptors (Lipinski definition) is 6. The number of methoxy groups -OCH3 is 1. The van der Waals surface area contributed by atoms with Crippen molar-refractivity contribution >= 4 is 29.5 Å². The molecule has 2 atom stereocenters. The van der Waals surface area contributed by atoms with Gasteiger partial charge in [0.25, 0.3) is 11.8 Å². The Bertz CT molecular complexity index is 1910. The number of rotatable bonds is 10. The standard InChI is InChI=1S/C35H31F4N5O5/c1-4-43-32-29(26(42-44(32)25-11-6-5-7-12-25)19-40-27(45)17-20(2)34(48)49-3)28(21-13-15-24(36)16-14-21)30(33(43)47)41-31(46)22-9-8-10-23(18-22)35(37,38)39/h5-16,18,28,30H,2,4,17,19H2,1,3H3,(H,40,45)(H,41,46)/t28-,30-/m0/s1. The molecule has 10 nitrogen and oxygen atoms in total. The number of ether oxygens (including phenoxy) is 1. The van der Waals surface area contributed by atoms with Gasteiger partial charge in [0.1, 0.15) is 17.7 Å². The van der Waals surface area contributed by atoms with E-state index in [2.05, 4.69) is 21.9 Å². The number of nitrogens with one attached hydrogen (secondary N) is 2. The molecule has 0 aliphatic carbocycles. The number of anilines is 1. The molecule has 2 heterocycles. The minimum absolute atomic E-state index is 0.0823. The highest BCUT2D eigenvalue weighted by Crippen LogP contribution is 2.44. The number of carbonyl (C=O) groups is 4. The van der Waals surface area contributed by atoms with Crippen molar-refractivity contribution in [3.05, 3.63) is 125 Å². The van der Waals surface area contributed by atoms with Crippen LogP contribution < -0.4 is 15.5 Å². The van der Waals surface area contributed by atoms with Crippen molar-refractivity contribution in [2.45, 2.75) is 38.0 Å². The van der Waals surface area contributed by atoms with Crippen LogP contribution in [-0.2, 0) is 31.8 Å². The van der Waals surface area contributed by atoms with Crippen LogP contribution in [0, 0.1) is 5.82 Å². The Labute approximate surface area is 278 Å². The maximum atomic E-state index is 14.3. The number of amides is 3. The van der Waals surface area contributed by atoms with Crippen molar-refractivity contribution in [2.75, 3.05) is 18.6 Å². The van der Waals surface area contributed by atoms with Crippen molar-refractivity contribution in [3.8, 4) is 5.69 Å². The van der Waals surface area contributed by atoms with E-state index in [0.29, 0.717) is 28.7 Å². The molecule has 0 radical (unpaired) electrons. The van der Waals surface area contributed by atoms with Crippen LogP contribution in [0.4, 0.5) is 23.4 Å². The average Bonchev–Trinajstić information content (AvgIpc) is 3.46. The van der Waals surface area contributed by atoms with Gasteiger partial charge in [-0.1, -0.05) is 43.0 Å². The zero-order valence-corrected chi connectivity index (χ0v) is 26.4. The highest BCUT2D eigenvalue weighted by molar-refractivity contribution is 6.05. The van der Waals surface area contributed by atoms with E-state index >= 15 is 0 Å². The number of hydrogen-bond donors (Lipinski definition) is 2. The predicted octanol–water partition coefficient (Wildman–Crippen LogP) is 5.06. The number of para-hydroxylation sites is 1. The van der Waals surface area contributed by atoms with E-state index in [4.69, 9.17) is 5.10 Å². The molecule has 0 bridgehead atoms. The lowest BCUT2D eigenvalue weighted by Gasteiger charge is -2.38. The van der Waals surface area contributed by atoms with E-state index in [1.807, 2.05) is 0 Å². The Morgan fingerprint density at radius 2 is 1.69 bits per heavy atom. The first kappa shape index (κ1) is 34.5. The van der Waals surface area contributed by atoms with Crippen molar-refractivity contribution in [1.82, 2.24) is 20.4 Å². The molecule has 1 aliphatic rings. The molecule has 5 rings (SSSR count). The number of halogens is 4. The van der Waals surface area contributed by atoms with Crippen LogP contribution in [0.15, 0.2) is 91.0 Å². The molecular weight excluding hydrogens is 646 g/mol. The number of fused-ring (bicyclic) bond motifs is 1. The maximum Gasteiger partial charge on any atom is 0.416 e. The lowest BCUT2D eigenvalue weighted by molar-refractivity contribution is -0.138. The third kappa shape index (κ3) is 7.22. The maximum absolute atomic E-state index is 14.3. The van der Waals surface area contributed by atoms with E-state index < -0.39 is 53.2 Å². The lowest BCUT2D eigenvalue weighted by Crippen LogP contribution is -2.55. The van der Waals surface area contributed by atoms with Gasteiger partial charge in [-0.25, -0.2) is 13.9 Å². The molecule has 1 aromatic heterocycles. The van der Waals surface area contributed by atoms with Crippen molar-refractivity contribution in [2.24, 2.45) is 0 Å². The second-order valence-electron chi connectivity index (χ2n) is 11.1. The van der Waals surface area contributed by atoms with Gasteiger partial charge in [-0.3, -0.25) is 19.3 Å². The topological polar surface area (TPSA) is 123 Å². The first-order chi connectivity index (χ1) is 23.3. The van der Waals surface area contributed by atoms with Gasteiger partial charge in [-0.2, -0.15) is 18.3 Å². The Kier molecular flexibility index (Phi) is 9.97. The predicted molar refractivity (Wildman–Crippen MR) is 170 cm³/mol. The third-order valence-electron chi connectivity index (χ3n) is 7.99. The van der Waals surface area contributed by atoms with Gasteiger partial charge in [0.15, 0.2) is 0 Å². The SMILES string of the molecule is C=C(CC(=O)NCc1nn(-c2ccccc2)c2c1[C@H](c1ccc(F)cc1)[C@H](NC(=O)c1cccc(C(F)(F)F)c1)C(=O)N2CC)C(=O)OC. The van der Waals surface area contributed by atoms with Crippen LogP contribution >= 0.6 is 0 Å².